The Morgan fingerprint density at radius 2 is 1.68 bits per heavy atom. The van der Waals surface area contributed by atoms with Crippen molar-refractivity contribution in [3.8, 4) is 11.4 Å². The lowest BCUT2D eigenvalue weighted by Crippen LogP contribution is -2.25. The van der Waals surface area contributed by atoms with Crippen LogP contribution in [-0.2, 0) is 0 Å². The summed E-state index contributed by atoms with van der Waals surface area (Å²) in [5, 5.41) is 0. The second kappa shape index (κ2) is 5.97. The van der Waals surface area contributed by atoms with E-state index < -0.39 is 0 Å². The molecular formula is C13H16BrN5. The van der Waals surface area contributed by atoms with Gasteiger partial charge in [-0.3, -0.25) is 0 Å². The number of halogens is 1. The average Bonchev–Trinajstić information content (AvgIpc) is 2.40. The zero-order chi connectivity index (χ0) is 13.8. The van der Waals surface area contributed by atoms with E-state index in [0.29, 0.717) is 11.8 Å². The summed E-state index contributed by atoms with van der Waals surface area (Å²) < 4.78 is 1.02. The first kappa shape index (κ1) is 13.7. The number of rotatable bonds is 4. The number of anilines is 2. The number of nitrogens with zero attached hydrogens (tertiary/aromatic N) is 4. The van der Waals surface area contributed by atoms with Gasteiger partial charge in [-0.1, -0.05) is 28.1 Å². The van der Waals surface area contributed by atoms with E-state index in [1.54, 1.807) is 0 Å². The average molecular weight is 322 g/mol. The number of nitrogens with two attached hydrogens (primary N) is 1. The lowest BCUT2D eigenvalue weighted by atomic mass is 10.2. The van der Waals surface area contributed by atoms with E-state index in [2.05, 4.69) is 44.7 Å². The van der Waals surface area contributed by atoms with Gasteiger partial charge in [-0.15, -0.1) is 0 Å². The van der Waals surface area contributed by atoms with Crippen molar-refractivity contribution in [2.75, 3.05) is 23.7 Å². The highest BCUT2D eigenvalue weighted by Crippen LogP contribution is 2.20. The van der Waals surface area contributed by atoms with Crippen LogP contribution < -0.4 is 10.6 Å². The maximum Gasteiger partial charge on any atom is 0.230 e. The van der Waals surface area contributed by atoms with E-state index >= 15 is 0 Å². The molecule has 0 aliphatic carbocycles. The molecule has 0 radical (unpaired) electrons. The van der Waals surface area contributed by atoms with Gasteiger partial charge in [-0.2, -0.15) is 15.0 Å². The monoisotopic (exact) mass is 321 g/mol. The Balaban J connectivity index is 2.44. The second-order valence-corrected chi connectivity index (χ2v) is 4.91. The summed E-state index contributed by atoms with van der Waals surface area (Å²) in [7, 11) is 0. The lowest BCUT2D eigenvalue weighted by Gasteiger charge is -2.18. The van der Waals surface area contributed by atoms with Crippen molar-refractivity contribution < 1.29 is 0 Å². The highest BCUT2D eigenvalue weighted by Gasteiger charge is 2.10. The molecule has 19 heavy (non-hydrogen) atoms. The minimum atomic E-state index is 0.245. The van der Waals surface area contributed by atoms with Crippen molar-refractivity contribution in [1.82, 2.24) is 15.0 Å². The van der Waals surface area contributed by atoms with Gasteiger partial charge in [0.2, 0.25) is 11.9 Å². The Kier molecular flexibility index (Phi) is 4.31. The molecule has 2 N–H and O–H groups in total. The standard InChI is InChI=1S/C13H16BrN5/c1-3-19(4-2)13-17-11(16-12(15)18-13)9-5-7-10(14)8-6-9/h5-8H,3-4H2,1-2H3,(H2,15,16,17,18). The first-order chi connectivity index (χ1) is 9.13. The second-order valence-electron chi connectivity index (χ2n) is 4.00. The van der Waals surface area contributed by atoms with Crippen molar-refractivity contribution in [3.05, 3.63) is 28.7 Å². The predicted octanol–water partition coefficient (Wildman–Crippen LogP) is 2.73. The molecular weight excluding hydrogens is 306 g/mol. The highest BCUT2D eigenvalue weighted by atomic mass is 79.9. The Morgan fingerprint density at radius 1 is 1.05 bits per heavy atom. The molecule has 1 aromatic carbocycles. The molecule has 0 fully saturated rings. The maximum atomic E-state index is 5.78. The Hall–Kier alpha value is -1.69. The van der Waals surface area contributed by atoms with Gasteiger partial charge in [0.25, 0.3) is 0 Å². The van der Waals surface area contributed by atoms with E-state index in [-0.39, 0.29) is 5.95 Å². The highest BCUT2D eigenvalue weighted by molar-refractivity contribution is 9.10. The molecule has 100 valence electrons. The smallest absolute Gasteiger partial charge is 0.230 e. The summed E-state index contributed by atoms with van der Waals surface area (Å²) in [5.41, 5.74) is 6.70. The molecule has 1 aromatic heterocycles. The van der Waals surface area contributed by atoms with Crippen LogP contribution in [-0.4, -0.2) is 28.0 Å². The van der Waals surface area contributed by atoms with E-state index in [1.807, 2.05) is 29.2 Å². The SMILES string of the molecule is CCN(CC)c1nc(N)nc(-c2ccc(Br)cc2)n1. The minimum absolute atomic E-state index is 0.245. The molecule has 2 aromatic rings. The predicted molar refractivity (Wildman–Crippen MR) is 80.9 cm³/mol. The molecule has 1 heterocycles. The van der Waals surface area contributed by atoms with Crippen molar-refractivity contribution in [2.45, 2.75) is 13.8 Å². The Labute approximate surface area is 121 Å². The molecule has 0 aliphatic rings. The number of benzene rings is 1. The molecule has 0 saturated heterocycles. The van der Waals surface area contributed by atoms with Gasteiger partial charge in [-0.25, -0.2) is 0 Å². The van der Waals surface area contributed by atoms with Crippen molar-refractivity contribution in [3.63, 3.8) is 0 Å². The fraction of sp³-hybridized carbons (Fsp3) is 0.308. The summed E-state index contributed by atoms with van der Waals surface area (Å²) in [5.74, 6) is 1.46. The molecule has 6 heteroatoms. The number of hydrogen-bond acceptors (Lipinski definition) is 5. The third-order valence-corrected chi connectivity index (χ3v) is 3.32. The summed E-state index contributed by atoms with van der Waals surface area (Å²) in [6, 6.07) is 7.80. The summed E-state index contributed by atoms with van der Waals surface area (Å²) in [6.45, 7) is 5.78. The Morgan fingerprint density at radius 3 is 2.26 bits per heavy atom. The van der Waals surface area contributed by atoms with Crippen molar-refractivity contribution >= 4 is 27.8 Å². The van der Waals surface area contributed by atoms with Gasteiger partial charge >= 0.3 is 0 Å². The molecule has 0 amide bonds. The summed E-state index contributed by atoms with van der Waals surface area (Å²) >= 11 is 3.41. The molecule has 0 spiro atoms. The van der Waals surface area contributed by atoms with Crippen LogP contribution in [0.25, 0.3) is 11.4 Å². The minimum Gasteiger partial charge on any atom is -0.368 e. The molecule has 0 saturated carbocycles. The van der Waals surface area contributed by atoms with Gasteiger partial charge in [0.15, 0.2) is 5.82 Å². The van der Waals surface area contributed by atoms with Crippen LogP contribution in [0.15, 0.2) is 28.7 Å². The van der Waals surface area contributed by atoms with E-state index in [0.717, 1.165) is 23.1 Å². The van der Waals surface area contributed by atoms with Crippen LogP contribution >= 0.6 is 15.9 Å². The fourth-order valence-corrected chi connectivity index (χ4v) is 2.02. The zero-order valence-corrected chi connectivity index (χ0v) is 12.6. The van der Waals surface area contributed by atoms with Gasteiger partial charge in [0.1, 0.15) is 0 Å². The van der Waals surface area contributed by atoms with Crippen LogP contribution in [0.3, 0.4) is 0 Å². The first-order valence-electron chi connectivity index (χ1n) is 6.16. The molecule has 0 unspecified atom stereocenters. The maximum absolute atomic E-state index is 5.78. The topological polar surface area (TPSA) is 67.9 Å². The number of aromatic nitrogens is 3. The zero-order valence-electron chi connectivity index (χ0n) is 11.0. The van der Waals surface area contributed by atoms with Crippen LogP contribution in [0.1, 0.15) is 13.8 Å². The fourth-order valence-electron chi connectivity index (χ4n) is 1.76. The third kappa shape index (κ3) is 3.20. The van der Waals surface area contributed by atoms with E-state index in [4.69, 9.17) is 5.73 Å². The largest absolute Gasteiger partial charge is 0.368 e. The van der Waals surface area contributed by atoms with Crippen LogP contribution in [0.5, 0.6) is 0 Å². The molecule has 0 atom stereocenters. The van der Waals surface area contributed by atoms with Gasteiger partial charge in [-0.05, 0) is 26.0 Å². The number of nitrogen functional groups attached to an aromatic ring is 1. The van der Waals surface area contributed by atoms with Crippen molar-refractivity contribution in [1.29, 1.82) is 0 Å². The molecule has 2 rings (SSSR count). The summed E-state index contributed by atoms with van der Waals surface area (Å²) in [6.07, 6.45) is 0. The normalized spacial score (nSPS) is 10.5. The summed E-state index contributed by atoms with van der Waals surface area (Å²) in [4.78, 5) is 14.9. The van der Waals surface area contributed by atoms with Gasteiger partial charge < -0.3 is 10.6 Å². The number of hydrogen-bond donors (Lipinski definition) is 1. The third-order valence-electron chi connectivity index (χ3n) is 2.79. The quantitative estimate of drug-likeness (QED) is 0.937. The van der Waals surface area contributed by atoms with Crippen LogP contribution in [0.2, 0.25) is 0 Å². The molecule has 0 aliphatic heterocycles. The van der Waals surface area contributed by atoms with Gasteiger partial charge in [0, 0.05) is 23.1 Å². The van der Waals surface area contributed by atoms with Crippen molar-refractivity contribution in [2.24, 2.45) is 0 Å². The van der Waals surface area contributed by atoms with Crippen LogP contribution in [0, 0.1) is 0 Å². The van der Waals surface area contributed by atoms with E-state index in [1.165, 1.54) is 0 Å². The van der Waals surface area contributed by atoms with Gasteiger partial charge in [0.05, 0.1) is 0 Å². The molecule has 5 nitrogen and oxygen atoms in total. The molecule has 0 bridgehead atoms. The first-order valence-corrected chi connectivity index (χ1v) is 6.95. The Bertz CT molecular complexity index is 551. The van der Waals surface area contributed by atoms with E-state index in [9.17, 15) is 0 Å². The van der Waals surface area contributed by atoms with Crippen LogP contribution in [0.4, 0.5) is 11.9 Å². The lowest BCUT2D eigenvalue weighted by molar-refractivity contribution is 0.816.